The molecule has 168 valence electrons. The van der Waals surface area contributed by atoms with E-state index in [2.05, 4.69) is 39.9 Å². The number of para-hydroxylation sites is 2. The molecule has 0 aliphatic heterocycles. The van der Waals surface area contributed by atoms with Crippen LogP contribution in [0.2, 0.25) is 0 Å². The van der Waals surface area contributed by atoms with E-state index in [0.29, 0.717) is 11.7 Å². The number of aryl methyl sites for hydroxylation is 3. The highest BCUT2D eigenvalue weighted by molar-refractivity contribution is 7.99. The van der Waals surface area contributed by atoms with Crippen LogP contribution in [0.1, 0.15) is 22.5 Å². The van der Waals surface area contributed by atoms with Crippen molar-refractivity contribution in [2.75, 3.05) is 16.4 Å². The Morgan fingerprint density at radius 1 is 0.909 bits per heavy atom. The summed E-state index contributed by atoms with van der Waals surface area (Å²) in [6.07, 6.45) is 0. The summed E-state index contributed by atoms with van der Waals surface area (Å²) in [5.41, 5.74) is 6.14. The fourth-order valence-corrected chi connectivity index (χ4v) is 4.37. The molecule has 6 nitrogen and oxygen atoms in total. The average Bonchev–Trinajstić information content (AvgIpc) is 3.22. The number of aromatic nitrogens is 3. The maximum atomic E-state index is 12.7. The molecule has 0 saturated heterocycles. The molecule has 0 aliphatic carbocycles. The molecule has 7 heteroatoms. The normalized spacial score (nSPS) is 10.8. The molecule has 1 amide bonds. The first-order chi connectivity index (χ1) is 16.0. The maximum absolute atomic E-state index is 12.7. The van der Waals surface area contributed by atoms with Gasteiger partial charge in [0.1, 0.15) is 0 Å². The molecule has 0 unspecified atom stereocenters. The lowest BCUT2D eigenvalue weighted by Crippen LogP contribution is -2.16. The van der Waals surface area contributed by atoms with Crippen LogP contribution in [-0.2, 0) is 11.3 Å². The van der Waals surface area contributed by atoms with E-state index in [1.807, 2.05) is 79.1 Å². The molecule has 0 atom stereocenters. The van der Waals surface area contributed by atoms with E-state index in [-0.39, 0.29) is 11.7 Å². The summed E-state index contributed by atoms with van der Waals surface area (Å²) in [6.45, 7) is 6.57. The molecule has 0 bridgehead atoms. The molecule has 1 aromatic heterocycles. The van der Waals surface area contributed by atoms with Gasteiger partial charge in [0, 0.05) is 17.1 Å². The largest absolute Gasteiger partial charge is 0.378 e. The quantitative estimate of drug-likeness (QED) is 0.340. The van der Waals surface area contributed by atoms with E-state index in [4.69, 9.17) is 0 Å². The summed E-state index contributed by atoms with van der Waals surface area (Å²) < 4.78 is 2.00. The van der Waals surface area contributed by atoms with Gasteiger partial charge in [0.15, 0.2) is 11.0 Å². The number of rotatable bonds is 8. The van der Waals surface area contributed by atoms with Gasteiger partial charge in [-0.2, -0.15) is 0 Å². The van der Waals surface area contributed by atoms with Crippen LogP contribution in [0.3, 0.4) is 0 Å². The number of nitrogens with one attached hydrogen (secondary N) is 2. The molecule has 0 saturated carbocycles. The van der Waals surface area contributed by atoms with Gasteiger partial charge in [-0.1, -0.05) is 60.3 Å². The number of anilines is 2. The predicted molar refractivity (Wildman–Crippen MR) is 135 cm³/mol. The van der Waals surface area contributed by atoms with E-state index >= 15 is 0 Å². The van der Waals surface area contributed by atoms with Crippen molar-refractivity contribution in [1.29, 1.82) is 0 Å². The van der Waals surface area contributed by atoms with E-state index < -0.39 is 0 Å². The third kappa shape index (κ3) is 5.62. The Bertz CT molecular complexity index is 1230. The topological polar surface area (TPSA) is 71.8 Å². The van der Waals surface area contributed by atoms with E-state index in [1.165, 1.54) is 17.3 Å². The van der Waals surface area contributed by atoms with Crippen LogP contribution in [-0.4, -0.2) is 26.4 Å². The fourth-order valence-electron chi connectivity index (χ4n) is 3.60. The Labute approximate surface area is 198 Å². The Kier molecular flexibility index (Phi) is 7.10. The van der Waals surface area contributed by atoms with Gasteiger partial charge in [-0.05, 0) is 61.7 Å². The Balaban J connectivity index is 1.51. The minimum Gasteiger partial charge on any atom is -0.378 e. The van der Waals surface area contributed by atoms with Gasteiger partial charge in [0.05, 0.1) is 12.3 Å². The molecular formula is C26H27N5OS. The minimum atomic E-state index is -0.0700. The highest BCUT2D eigenvalue weighted by atomic mass is 32.2. The molecular weight excluding hydrogens is 430 g/mol. The van der Waals surface area contributed by atoms with Gasteiger partial charge in [-0.25, -0.2) is 0 Å². The maximum Gasteiger partial charge on any atom is 0.234 e. The van der Waals surface area contributed by atoms with Crippen molar-refractivity contribution in [1.82, 2.24) is 14.8 Å². The standard InChI is InChI=1S/C26H27N5OS/c1-18-9-7-12-21(15-18)27-16-23-29-30-26(31(23)22-13-5-4-6-14-22)33-17-24(32)28-25-19(2)10-8-11-20(25)3/h4-15,27H,16-17H2,1-3H3,(H,28,32). The minimum absolute atomic E-state index is 0.0700. The fraction of sp³-hybridized carbons (Fsp3) is 0.192. The first-order valence-corrected chi connectivity index (χ1v) is 11.8. The third-order valence-corrected chi connectivity index (χ3v) is 6.19. The van der Waals surface area contributed by atoms with E-state index in [1.54, 1.807) is 0 Å². The number of hydrogen-bond acceptors (Lipinski definition) is 5. The number of benzene rings is 3. The molecule has 2 N–H and O–H groups in total. The summed E-state index contributed by atoms with van der Waals surface area (Å²) in [7, 11) is 0. The number of nitrogens with zero attached hydrogens (tertiary/aromatic N) is 3. The second kappa shape index (κ2) is 10.4. The number of amides is 1. The molecule has 0 aliphatic rings. The highest BCUT2D eigenvalue weighted by Crippen LogP contribution is 2.24. The lowest BCUT2D eigenvalue weighted by atomic mass is 10.1. The number of hydrogen-bond donors (Lipinski definition) is 2. The van der Waals surface area contributed by atoms with Gasteiger partial charge >= 0.3 is 0 Å². The third-order valence-electron chi connectivity index (χ3n) is 5.26. The lowest BCUT2D eigenvalue weighted by Gasteiger charge is -2.13. The summed E-state index contributed by atoms with van der Waals surface area (Å²) in [6, 6.07) is 24.2. The van der Waals surface area contributed by atoms with Crippen LogP contribution >= 0.6 is 11.8 Å². The van der Waals surface area contributed by atoms with E-state index in [9.17, 15) is 4.79 Å². The van der Waals surface area contributed by atoms with Crippen molar-refractivity contribution in [3.63, 3.8) is 0 Å². The zero-order valence-corrected chi connectivity index (χ0v) is 19.8. The summed E-state index contributed by atoms with van der Waals surface area (Å²) in [5.74, 6) is 0.948. The summed E-state index contributed by atoms with van der Waals surface area (Å²) in [4.78, 5) is 12.7. The van der Waals surface area contributed by atoms with Crippen LogP contribution in [0.25, 0.3) is 5.69 Å². The first-order valence-electron chi connectivity index (χ1n) is 10.8. The van der Waals surface area contributed by atoms with Gasteiger partial charge in [-0.15, -0.1) is 10.2 Å². The molecule has 4 aromatic rings. The monoisotopic (exact) mass is 457 g/mol. The molecule has 0 spiro atoms. The molecule has 3 aromatic carbocycles. The van der Waals surface area contributed by atoms with Crippen LogP contribution in [0.5, 0.6) is 0 Å². The van der Waals surface area contributed by atoms with Gasteiger partial charge in [0.25, 0.3) is 0 Å². The van der Waals surface area contributed by atoms with Crippen molar-refractivity contribution >= 4 is 29.0 Å². The van der Waals surface area contributed by atoms with Crippen molar-refractivity contribution < 1.29 is 4.79 Å². The Morgan fingerprint density at radius 3 is 2.36 bits per heavy atom. The highest BCUT2D eigenvalue weighted by Gasteiger charge is 2.16. The van der Waals surface area contributed by atoms with Crippen molar-refractivity contribution in [3.05, 3.63) is 95.3 Å². The number of carbonyl (C=O) groups excluding carboxylic acids is 1. The van der Waals surface area contributed by atoms with Crippen LogP contribution < -0.4 is 10.6 Å². The predicted octanol–water partition coefficient (Wildman–Crippen LogP) is 5.54. The van der Waals surface area contributed by atoms with Crippen molar-refractivity contribution in [2.24, 2.45) is 0 Å². The van der Waals surface area contributed by atoms with E-state index in [0.717, 1.165) is 34.0 Å². The average molecular weight is 458 g/mol. The lowest BCUT2D eigenvalue weighted by molar-refractivity contribution is -0.113. The second-order valence-corrected chi connectivity index (χ2v) is 8.84. The molecule has 4 rings (SSSR count). The molecule has 33 heavy (non-hydrogen) atoms. The molecule has 0 radical (unpaired) electrons. The zero-order valence-electron chi connectivity index (χ0n) is 19.0. The summed E-state index contributed by atoms with van der Waals surface area (Å²) >= 11 is 1.38. The van der Waals surface area contributed by atoms with Crippen LogP contribution in [0, 0.1) is 20.8 Å². The molecule has 0 fully saturated rings. The van der Waals surface area contributed by atoms with Crippen LogP contribution in [0.4, 0.5) is 11.4 Å². The zero-order chi connectivity index (χ0) is 23.2. The SMILES string of the molecule is Cc1cccc(NCc2nnc(SCC(=O)Nc3c(C)cccc3C)n2-c2ccccc2)c1. The van der Waals surface area contributed by atoms with Crippen LogP contribution in [0.15, 0.2) is 78.0 Å². The smallest absolute Gasteiger partial charge is 0.234 e. The van der Waals surface area contributed by atoms with Gasteiger partial charge in [0.2, 0.25) is 5.91 Å². The van der Waals surface area contributed by atoms with Gasteiger partial charge < -0.3 is 10.6 Å². The summed E-state index contributed by atoms with van der Waals surface area (Å²) in [5, 5.41) is 16.0. The number of thioether (sulfide) groups is 1. The van der Waals surface area contributed by atoms with Gasteiger partial charge in [-0.3, -0.25) is 9.36 Å². The Hall–Kier alpha value is -3.58. The number of carbonyl (C=O) groups is 1. The van der Waals surface area contributed by atoms with Crippen molar-refractivity contribution in [3.8, 4) is 5.69 Å². The molecule has 1 heterocycles. The Morgan fingerprint density at radius 2 is 1.64 bits per heavy atom. The van der Waals surface area contributed by atoms with Crippen molar-refractivity contribution in [2.45, 2.75) is 32.5 Å². The first kappa shape index (κ1) is 22.6. The second-order valence-electron chi connectivity index (χ2n) is 7.90.